The number of carbonyl (C=O) groups excluding carboxylic acids is 1. The molecular formula is C15H15BrN2O2. The van der Waals surface area contributed by atoms with Crippen LogP contribution in [0.1, 0.15) is 33.4 Å². The van der Waals surface area contributed by atoms with E-state index in [1.807, 2.05) is 31.2 Å². The van der Waals surface area contributed by atoms with Gasteiger partial charge in [0.25, 0.3) is 5.91 Å². The highest BCUT2D eigenvalue weighted by molar-refractivity contribution is 9.09. The molecule has 1 heterocycles. The van der Waals surface area contributed by atoms with Crippen LogP contribution < -0.4 is 10.7 Å². The average molecular weight is 335 g/mol. The predicted octanol–water partition coefficient (Wildman–Crippen LogP) is 3.39. The van der Waals surface area contributed by atoms with E-state index in [0.29, 0.717) is 5.69 Å². The van der Waals surface area contributed by atoms with Crippen molar-refractivity contribution in [2.45, 2.75) is 18.7 Å². The summed E-state index contributed by atoms with van der Waals surface area (Å²) in [4.78, 5) is 27.0. The van der Waals surface area contributed by atoms with Gasteiger partial charge in [-0.1, -0.05) is 34.1 Å². The van der Waals surface area contributed by atoms with E-state index in [-0.39, 0.29) is 15.8 Å². The Labute approximate surface area is 125 Å². The maximum absolute atomic E-state index is 12.2. The highest BCUT2D eigenvalue weighted by Crippen LogP contribution is 2.28. The number of rotatable bonds is 3. The molecule has 1 amide bonds. The van der Waals surface area contributed by atoms with Crippen LogP contribution in [0, 0.1) is 6.92 Å². The van der Waals surface area contributed by atoms with E-state index in [0.717, 1.165) is 11.3 Å². The Morgan fingerprint density at radius 1 is 1.35 bits per heavy atom. The van der Waals surface area contributed by atoms with E-state index in [1.54, 1.807) is 6.92 Å². The number of hydrogen-bond acceptors (Lipinski definition) is 2. The van der Waals surface area contributed by atoms with Crippen molar-refractivity contribution < 1.29 is 4.79 Å². The highest BCUT2D eigenvalue weighted by atomic mass is 79.9. The number of aromatic amines is 1. The zero-order chi connectivity index (χ0) is 14.7. The predicted molar refractivity (Wildman–Crippen MR) is 83.5 cm³/mol. The summed E-state index contributed by atoms with van der Waals surface area (Å²) in [7, 11) is 0. The number of H-pyrrole nitrogens is 1. The molecule has 1 atom stereocenters. The third kappa shape index (κ3) is 3.17. The Bertz CT molecular complexity index is 692. The van der Waals surface area contributed by atoms with E-state index >= 15 is 0 Å². The minimum Gasteiger partial charge on any atom is -0.364 e. The van der Waals surface area contributed by atoms with Crippen LogP contribution in [0.4, 0.5) is 5.69 Å². The molecule has 0 saturated carbocycles. The fourth-order valence-corrected chi connectivity index (χ4v) is 2.30. The molecule has 0 saturated heterocycles. The smallest absolute Gasteiger partial charge is 0.261 e. The number of alkyl halides is 1. The quantitative estimate of drug-likeness (QED) is 0.845. The lowest BCUT2D eigenvalue weighted by Crippen LogP contribution is -2.22. The number of nitrogens with one attached hydrogen (secondary N) is 2. The third-order valence-electron chi connectivity index (χ3n) is 2.94. The molecule has 1 aromatic carbocycles. The number of aromatic nitrogens is 1. The molecule has 0 spiro atoms. The second-order valence-electron chi connectivity index (χ2n) is 4.55. The van der Waals surface area contributed by atoms with Crippen LogP contribution in [-0.2, 0) is 0 Å². The molecule has 0 aliphatic rings. The van der Waals surface area contributed by atoms with Crippen LogP contribution in [0.2, 0.25) is 0 Å². The molecule has 0 aliphatic heterocycles. The van der Waals surface area contributed by atoms with Gasteiger partial charge in [-0.05, 0) is 25.5 Å². The number of aryl methyl sites for hydroxylation is 1. The number of benzene rings is 1. The number of hydrogen-bond donors (Lipinski definition) is 2. The molecule has 2 aromatic rings. The van der Waals surface area contributed by atoms with Crippen molar-refractivity contribution >= 4 is 27.5 Å². The lowest BCUT2D eigenvalue weighted by molar-refractivity contribution is 0.102. The van der Waals surface area contributed by atoms with Crippen molar-refractivity contribution in [2.75, 3.05) is 5.32 Å². The standard InChI is InChI=1S/C15H15BrN2O2/c1-9-7-14(19)12(8-17-9)15(20)18-13-6-4-3-5-11(13)10(2)16/h3-8,10H,1-2H3,(H,17,19)(H,18,20). The van der Waals surface area contributed by atoms with Crippen molar-refractivity contribution in [3.8, 4) is 0 Å². The van der Waals surface area contributed by atoms with Crippen LogP contribution in [0.3, 0.4) is 0 Å². The van der Waals surface area contributed by atoms with Crippen molar-refractivity contribution in [1.29, 1.82) is 0 Å². The van der Waals surface area contributed by atoms with Crippen LogP contribution in [0.15, 0.2) is 41.3 Å². The minimum absolute atomic E-state index is 0.104. The molecule has 0 radical (unpaired) electrons. The van der Waals surface area contributed by atoms with Gasteiger partial charge in [0.15, 0.2) is 5.43 Å². The molecule has 2 rings (SSSR count). The summed E-state index contributed by atoms with van der Waals surface area (Å²) >= 11 is 3.48. The van der Waals surface area contributed by atoms with Crippen molar-refractivity contribution in [3.63, 3.8) is 0 Å². The molecule has 20 heavy (non-hydrogen) atoms. The number of amides is 1. The van der Waals surface area contributed by atoms with Gasteiger partial charge in [0.05, 0.1) is 0 Å². The molecular weight excluding hydrogens is 320 g/mol. The number of pyridine rings is 1. The van der Waals surface area contributed by atoms with Gasteiger partial charge in [0.2, 0.25) is 0 Å². The zero-order valence-corrected chi connectivity index (χ0v) is 12.8. The summed E-state index contributed by atoms with van der Waals surface area (Å²) < 4.78 is 0. The monoisotopic (exact) mass is 334 g/mol. The fourth-order valence-electron chi connectivity index (χ4n) is 1.90. The maximum atomic E-state index is 12.2. The van der Waals surface area contributed by atoms with E-state index in [2.05, 4.69) is 26.2 Å². The number of anilines is 1. The molecule has 0 bridgehead atoms. The van der Waals surface area contributed by atoms with Gasteiger partial charge in [-0.25, -0.2) is 0 Å². The largest absolute Gasteiger partial charge is 0.364 e. The van der Waals surface area contributed by atoms with Crippen molar-refractivity contribution in [3.05, 3.63) is 63.6 Å². The Morgan fingerprint density at radius 2 is 2.05 bits per heavy atom. The van der Waals surface area contributed by atoms with Crippen LogP contribution >= 0.6 is 15.9 Å². The van der Waals surface area contributed by atoms with E-state index < -0.39 is 5.91 Å². The first-order chi connectivity index (χ1) is 9.49. The molecule has 0 aliphatic carbocycles. The maximum Gasteiger partial charge on any atom is 0.261 e. The van der Waals surface area contributed by atoms with Crippen LogP contribution in [0.25, 0.3) is 0 Å². The van der Waals surface area contributed by atoms with Gasteiger partial charge in [-0.3, -0.25) is 9.59 Å². The summed E-state index contributed by atoms with van der Waals surface area (Å²) in [6, 6.07) is 8.89. The Morgan fingerprint density at radius 3 is 2.70 bits per heavy atom. The molecule has 104 valence electrons. The summed E-state index contributed by atoms with van der Waals surface area (Å²) in [6.45, 7) is 3.74. The van der Waals surface area contributed by atoms with Gasteiger partial charge in [-0.2, -0.15) is 0 Å². The highest BCUT2D eigenvalue weighted by Gasteiger charge is 2.13. The summed E-state index contributed by atoms with van der Waals surface area (Å²) in [5, 5.41) is 2.78. The number of halogens is 1. The normalized spacial score (nSPS) is 11.9. The van der Waals surface area contributed by atoms with E-state index in [1.165, 1.54) is 12.3 Å². The Balaban J connectivity index is 2.31. The second-order valence-corrected chi connectivity index (χ2v) is 5.92. The Hall–Kier alpha value is -1.88. The molecule has 5 heteroatoms. The third-order valence-corrected chi connectivity index (χ3v) is 3.43. The van der Waals surface area contributed by atoms with E-state index in [9.17, 15) is 9.59 Å². The van der Waals surface area contributed by atoms with E-state index in [4.69, 9.17) is 0 Å². The van der Waals surface area contributed by atoms with Crippen molar-refractivity contribution in [1.82, 2.24) is 4.98 Å². The summed E-state index contributed by atoms with van der Waals surface area (Å²) in [6.07, 6.45) is 1.44. The first-order valence-corrected chi connectivity index (χ1v) is 7.14. The zero-order valence-electron chi connectivity index (χ0n) is 11.2. The topological polar surface area (TPSA) is 62.0 Å². The second kappa shape index (κ2) is 6.05. The van der Waals surface area contributed by atoms with Crippen molar-refractivity contribution in [2.24, 2.45) is 0 Å². The molecule has 1 aromatic heterocycles. The molecule has 0 fully saturated rings. The van der Waals surface area contributed by atoms with Crippen LogP contribution in [0.5, 0.6) is 0 Å². The van der Waals surface area contributed by atoms with Gasteiger partial charge in [0, 0.05) is 28.5 Å². The van der Waals surface area contributed by atoms with Gasteiger partial charge >= 0.3 is 0 Å². The Kier molecular flexibility index (Phi) is 4.39. The van der Waals surface area contributed by atoms with Gasteiger partial charge in [0.1, 0.15) is 5.56 Å². The molecule has 2 N–H and O–H groups in total. The average Bonchev–Trinajstić information content (AvgIpc) is 2.38. The first kappa shape index (κ1) is 14.5. The lowest BCUT2D eigenvalue weighted by Gasteiger charge is -2.12. The van der Waals surface area contributed by atoms with Gasteiger partial charge < -0.3 is 10.3 Å². The SMILES string of the molecule is Cc1cc(=O)c(C(=O)Nc2ccccc2C(C)Br)c[nH]1. The molecule has 4 nitrogen and oxygen atoms in total. The number of carbonyl (C=O) groups is 1. The minimum atomic E-state index is -0.410. The fraction of sp³-hybridized carbons (Fsp3) is 0.200. The van der Waals surface area contributed by atoms with Crippen LogP contribution in [-0.4, -0.2) is 10.9 Å². The van der Waals surface area contributed by atoms with Gasteiger partial charge in [-0.15, -0.1) is 0 Å². The molecule has 1 unspecified atom stereocenters. The summed E-state index contributed by atoms with van der Waals surface area (Å²) in [5.74, 6) is -0.410. The lowest BCUT2D eigenvalue weighted by atomic mass is 10.1. The first-order valence-electron chi connectivity index (χ1n) is 6.22. The number of para-hydroxylation sites is 1. The summed E-state index contributed by atoms with van der Waals surface area (Å²) in [5.41, 5.74) is 2.20.